The van der Waals surface area contributed by atoms with Gasteiger partial charge in [0.1, 0.15) is 21.9 Å². The van der Waals surface area contributed by atoms with E-state index in [4.69, 9.17) is 23.9 Å². The van der Waals surface area contributed by atoms with Crippen molar-refractivity contribution < 1.29 is 18.9 Å². The van der Waals surface area contributed by atoms with Gasteiger partial charge in [-0.3, -0.25) is 9.98 Å². The van der Waals surface area contributed by atoms with Gasteiger partial charge in [-0.1, -0.05) is 0 Å². The Morgan fingerprint density at radius 2 is 2.09 bits per heavy atom. The van der Waals surface area contributed by atoms with Crippen LogP contribution in [0.2, 0.25) is 0 Å². The van der Waals surface area contributed by atoms with Crippen molar-refractivity contribution >= 4 is 32.6 Å². The van der Waals surface area contributed by atoms with Crippen LogP contribution < -0.4 is 0 Å². The molecule has 2 saturated heterocycles. The second-order valence-corrected chi connectivity index (χ2v) is 8.77. The lowest BCUT2D eigenvalue weighted by molar-refractivity contribution is 0.0929. The fourth-order valence-electron chi connectivity index (χ4n) is 4.27. The Labute approximate surface area is 195 Å². The molecule has 0 aromatic heterocycles. The van der Waals surface area contributed by atoms with Crippen LogP contribution in [-0.4, -0.2) is 73.3 Å². The Balaban J connectivity index is 1.59. The fourth-order valence-corrected chi connectivity index (χ4v) is 4.57. The number of fused-ring (bicyclic) bond motifs is 6. The maximum atomic E-state index is 5.89. The highest BCUT2D eigenvalue weighted by atomic mass is 79.9. The largest absolute Gasteiger partial charge is 0.497 e. The second kappa shape index (κ2) is 9.50. The van der Waals surface area contributed by atoms with Gasteiger partial charge in [0.15, 0.2) is 5.76 Å². The highest BCUT2D eigenvalue weighted by molar-refractivity contribution is 9.19. The molecule has 0 aromatic rings. The van der Waals surface area contributed by atoms with Crippen molar-refractivity contribution in [2.45, 2.75) is 19.3 Å². The number of hydrogen-bond donors (Lipinski definition) is 0. The number of aliphatic imine (C=N–C) groups is 3. The molecule has 0 amide bonds. The summed E-state index contributed by atoms with van der Waals surface area (Å²) in [6.07, 6.45) is 9.99. The smallest absolute Gasteiger partial charge is 0.231 e. The molecule has 0 radical (unpaired) electrons. The summed E-state index contributed by atoms with van der Waals surface area (Å²) < 4.78 is 23.8. The van der Waals surface area contributed by atoms with Crippen molar-refractivity contribution in [2.75, 3.05) is 46.9 Å². The van der Waals surface area contributed by atoms with Crippen molar-refractivity contribution in [1.82, 2.24) is 9.80 Å². The molecule has 2 bridgehead atoms. The third-order valence-electron chi connectivity index (χ3n) is 5.85. The van der Waals surface area contributed by atoms with Crippen LogP contribution in [0, 0.1) is 5.92 Å². The van der Waals surface area contributed by atoms with Crippen molar-refractivity contribution in [3.8, 4) is 0 Å². The average Bonchev–Trinajstić information content (AvgIpc) is 3.43. The van der Waals surface area contributed by atoms with Gasteiger partial charge in [0.25, 0.3) is 0 Å². The molecule has 0 spiro atoms. The topological polar surface area (TPSA) is 80.5 Å². The predicted molar refractivity (Wildman–Crippen MR) is 124 cm³/mol. The molecule has 2 fully saturated rings. The Morgan fingerprint density at radius 3 is 3.00 bits per heavy atom. The van der Waals surface area contributed by atoms with E-state index in [-0.39, 0.29) is 12.7 Å². The number of halogens is 1. The van der Waals surface area contributed by atoms with Crippen LogP contribution in [0.3, 0.4) is 0 Å². The summed E-state index contributed by atoms with van der Waals surface area (Å²) in [4.78, 5) is 18.6. The molecule has 9 nitrogen and oxygen atoms in total. The van der Waals surface area contributed by atoms with Crippen LogP contribution in [0.25, 0.3) is 0 Å². The van der Waals surface area contributed by atoms with E-state index >= 15 is 0 Å². The summed E-state index contributed by atoms with van der Waals surface area (Å²) in [5.41, 5.74) is 1.65. The lowest BCUT2D eigenvalue weighted by atomic mass is 9.98. The lowest BCUT2D eigenvalue weighted by Crippen LogP contribution is -2.45. The van der Waals surface area contributed by atoms with Crippen molar-refractivity contribution in [3.05, 3.63) is 47.1 Å². The summed E-state index contributed by atoms with van der Waals surface area (Å²) in [6, 6.07) is 0. The normalized spacial score (nSPS) is 25.9. The number of methoxy groups -OCH3 is 1. The summed E-state index contributed by atoms with van der Waals surface area (Å²) in [5, 5.41) is 0. The zero-order valence-electron chi connectivity index (χ0n) is 18.0. The van der Waals surface area contributed by atoms with E-state index in [9.17, 15) is 0 Å². The van der Waals surface area contributed by atoms with Gasteiger partial charge >= 0.3 is 0 Å². The van der Waals surface area contributed by atoms with Gasteiger partial charge in [0.2, 0.25) is 12.6 Å². The minimum Gasteiger partial charge on any atom is -0.497 e. The molecule has 5 aliphatic rings. The van der Waals surface area contributed by atoms with E-state index in [1.165, 1.54) is 0 Å². The third-order valence-corrected chi connectivity index (χ3v) is 6.30. The molecule has 1 unspecified atom stereocenters. The second-order valence-electron chi connectivity index (χ2n) is 7.96. The zero-order valence-corrected chi connectivity index (χ0v) is 19.6. The van der Waals surface area contributed by atoms with E-state index < -0.39 is 0 Å². The quantitative estimate of drug-likeness (QED) is 0.546. The summed E-state index contributed by atoms with van der Waals surface area (Å²) >= 11 is 3.46. The fraction of sp³-hybridized carbons (Fsp3) is 0.500. The van der Waals surface area contributed by atoms with Gasteiger partial charge in [-0.05, 0) is 28.8 Å². The van der Waals surface area contributed by atoms with E-state index in [0.717, 1.165) is 43.2 Å². The predicted octanol–water partition coefficient (Wildman–Crippen LogP) is 3.10. The summed E-state index contributed by atoms with van der Waals surface area (Å²) in [5.74, 6) is 3.21. The minimum absolute atomic E-state index is 0.148. The molecule has 0 aromatic carbocycles. The molecule has 1 atom stereocenters. The molecule has 1 aliphatic carbocycles. The first-order valence-corrected chi connectivity index (χ1v) is 11.6. The third kappa shape index (κ3) is 4.33. The molecule has 32 heavy (non-hydrogen) atoms. The van der Waals surface area contributed by atoms with Crippen molar-refractivity contribution in [1.29, 1.82) is 0 Å². The molecule has 10 heteroatoms. The van der Waals surface area contributed by atoms with E-state index in [0.29, 0.717) is 48.1 Å². The van der Waals surface area contributed by atoms with Crippen LogP contribution in [-0.2, 0) is 18.9 Å². The Morgan fingerprint density at radius 1 is 1.19 bits per heavy atom. The number of allylic oxidation sites excluding steroid dienone is 2. The summed E-state index contributed by atoms with van der Waals surface area (Å²) in [7, 11) is 1.64. The molecular formula is C22H26BrN5O4. The number of hydrogen-bond acceptors (Lipinski definition) is 9. The number of rotatable bonds is 1. The van der Waals surface area contributed by atoms with Gasteiger partial charge in [-0.15, -0.1) is 0 Å². The summed E-state index contributed by atoms with van der Waals surface area (Å²) in [6.45, 7) is 3.92. The number of ether oxygens (including phenoxy) is 4. The highest BCUT2D eigenvalue weighted by Crippen LogP contribution is 2.40. The minimum atomic E-state index is 0.148. The first-order valence-electron chi connectivity index (χ1n) is 10.8. The molecule has 5 rings (SSSR count). The average molecular weight is 504 g/mol. The van der Waals surface area contributed by atoms with Gasteiger partial charge in [0.05, 0.1) is 20.0 Å². The SMILES string of the molecule is COC1=C2OCOC2=C2N=C3C(CCOCCCN=C(Br)C=NC=C2C1)CN1C=CN3C1. The number of nitrogens with zero attached hydrogens (tertiary/aromatic N) is 5. The molecule has 0 saturated carbocycles. The van der Waals surface area contributed by atoms with Gasteiger partial charge in [-0.2, -0.15) is 0 Å². The van der Waals surface area contributed by atoms with E-state index in [1.807, 2.05) is 0 Å². The standard InChI is InChI=1S/C22H26BrN5O4/c1-29-17-9-16-10-24-11-18(23)25-4-2-7-30-8-3-15-12-27-5-6-28(13-27)22(15)26-19(16)21-20(17)31-14-32-21/h5-6,10-11,15H,2-4,7-9,12-14H2,1H3. The van der Waals surface area contributed by atoms with E-state index in [1.54, 1.807) is 19.5 Å². The lowest BCUT2D eigenvalue weighted by Gasteiger charge is -2.35. The zero-order chi connectivity index (χ0) is 21.9. The van der Waals surface area contributed by atoms with Gasteiger partial charge in [-0.25, -0.2) is 4.99 Å². The van der Waals surface area contributed by atoms with Crippen LogP contribution >= 0.6 is 15.9 Å². The van der Waals surface area contributed by atoms with Crippen molar-refractivity contribution in [3.63, 3.8) is 0 Å². The van der Waals surface area contributed by atoms with Crippen LogP contribution in [0.4, 0.5) is 0 Å². The Hall–Kier alpha value is -2.59. The highest BCUT2D eigenvalue weighted by Gasteiger charge is 2.37. The molecule has 4 heterocycles. The first-order chi connectivity index (χ1) is 15.7. The van der Waals surface area contributed by atoms with Gasteiger partial charge in [0, 0.05) is 62.8 Å². The maximum absolute atomic E-state index is 5.89. The number of amidine groups is 1. The molecule has 170 valence electrons. The monoisotopic (exact) mass is 503 g/mol. The van der Waals surface area contributed by atoms with Crippen LogP contribution in [0.15, 0.2) is 62.1 Å². The van der Waals surface area contributed by atoms with Crippen LogP contribution in [0.1, 0.15) is 19.3 Å². The molecule has 4 aliphatic heterocycles. The molecular weight excluding hydrogens is 478 g/mol. The maximum Gasteiger partial charge on any atom is 0.231 e. The van der Waals surface area contributed by atoms with Crippen LogP contribution in [0.5, 0.6) is 0 Å². The Kier molecular flexibility index (Phi) is 6.31. The first kappa shape index (κ1) is 21.3. The Bertz CT molecular complexity index is 981. The molecule has 0 N–H and O–H groups in total. The van der Waals surface area contributed by atoms with E-state index in [2.05, 4.69) is 48.1 Å². The van der Waals surface area contributed by atoms with Crippen molar-refractivity contribution in [2.24, 2.45) is 20.9 Å². The van der Waals surface area contributed by atoms with Gasteiger partial charge < -0.3 is 28.7 Å².